The van der Waals surface area contributed by atoms with Crippen molar-refractivity contribution < 1.29 is 4.79 Å². The molecule has 0 fully saturated rings. The van der Waals surface area contributed by atoms with Gasteiger partial charge in [0.25, 0.3) is 5.56 Å². The highest BCUT2D eigenvalue weighted by Gasteiger charge is 2.19. The number of hydrogen-bond donors (Lipinski definition) is 2. The first kappa shape index (κ1) is 20.5. The van der Waals surface area contributed by atoms with Gasteiger partial charge in [-0.2, -0.15) is 0 Å². The van der Waals surface area contributed by atoms with Crippen LogP contribution in [-0.4, -0.2) is 31.2 Å². The molecule has 0 atom stereocenters. The molecular weight excluding hydrogens is 442 g/mol. The maximum Gasteiger partial charge on any atom is 0.283 e. The van der Waals surface area contributed by atoms with Gasteiger partial charge in [0.2, 0.25) is 5.91 Å². The lowest BCUT2D eigenvalue weighted by Crippen LogP contribution is -2.23. The van der Waals surface area contributed by atoms with Crippen molar-refractivity contribution in [3.8, 4) is 5.69 Å². The van der Waals surface area contributed by atoms with Crippen LogP contribution in [0.15, 0.2) is 64.0 Å². The summed E-state index contributed by atoms with van der Waals surface area (Å²) in [5.41, 5.74) is 4.53. The number of rotatable bonds is 5. The second kappa shape index (κ2) is 8.25. The van der Waals surface area contributed by atoms with Gasteiger partial charge in [-0.3, -0.25) is 14.2 Å². The predicted octanol–water partition coefficient (Wildman–Crippen LogP) is 4.67. The number of fused-ring (bicyclic) bond motifs is 3. The molecule has 0 spiro atoms. The zero-order valence-corrected chi connectivity index (χ0v) is 19.0. The third kappa shape index (κ3) is 3.59. The molecule has 3 heterocycles. The van der Waals surface area contributed by atoms with Gasteiger partial charge in [-0.1, -0.05) is 42.1 Å². The summed E-state index contributed by atoms with van der Waals surface area (Å²) in [6.07, 6.45) is 1.64. The zero-order chi connectivity index (χ0) is 22.2. The number of carbonyl (C=O) groups excluding carboxylic acids is 1. The smallest absolute Gasteiger partial charge is 0.283 e. The van der Waals surface area contributed by atoms with Crippen molar-refractivity contribution >= 4 is 56.1 Å². The summed E-state index contributed by atoms with van der Waals surface area (Å²) in [6, 6.07) is 13.5. The van der Waals surface area contributed by atoms with Gasteiger partial charge in [-0.15, -0.1) is 11.3 Å². The van der Waals surface area contributed by atoms with Crippen LogP contribution in [0.3, 0.4) is 0 Å². The monoisotopic (exact) mass is 461 g/mol. The van der Waals surface area contributed by atoms with Crippen LogP contribution in [0.25, 0.3) is 27.6 Å². The van der Waals surface area contributed by atoms with Crippen LogP contribution >= 0.6 is 23.1 Å². The number of aromatic amines is 1. The van der Waals surface area contributed by atoms with Crippen LogP contribution in [0, 0.1) is 13.8 Å². The lowest BCUT2D eigenvalue weighted by Gasteiger charge is -2.15. The molecule has 0 unspecified atom stereocenters. The molecule has 160 valence electrons. The molecule has 1 amide bonds. The van der Waals surface area contributed by atoms with Crippen LogP contribution in [-0.2, 0) is 4.79 Å². The van der Waals surface area contributed by atoms with Gasteiger partial charge in [0.15, 0.2) is 10.3 Å². The van der Waals surface area contributed by atoms with Gasteiger partial charge in [0.05, 0.1) is 11.4 Å². The average Bonchev–Trinajstić information content (AvgIpc) is 3.43. The van der Waals surface area contributed by atoms with Crippen molar-refractivity contribution in [3.63, 3.8) is 0 Å². The Hall–Kier alpha value is -3.43. The minimum absolute atomic E-state index is 0.102. The number of aromatic nitrogens is 4. The molecule has 0 saturated carbocycles. The van der Waals surface area contributed by atoms with E-state index in [0.29, 0.717) is 21.3 Å². The highest BCUT2D eigenvalue weighted by molar-refractivity contribution is 7.99. The summed E-state index contributed by atoms with van der Waals surface area (Å²) < 4.78 is 1.60. The van der Waals surface area contributed by atoms with E-state index < -0.39 is 0 Å². The first-order valence-electron chi connectivity index (χ1n) is 9.95. The maximum absolute atomic E-state index is 13.7. The number of H-pyrrole nitrogens is 1. The molecule has 2 N–H and O–H groups in total. The van der Waals surface area contributed by atoms with Crippen LogP contribution in [0.4, 0.5) is 5.13 Å². The van der Waals surface area contributed by atoms with Crippen molar-refractivity contribution in [2.45, 2.75) is 19.0 Å². The summed E-state index contributed by atoms with van der Waals surface area (Å²) in [4.78, 5) is 38.3. The molecule has 0 aliphatic heterocycles. The van der Waals surface area contributed by atoms with E-state index in [1.54, 1.807) is 16.1 Å². The molecule has 0 saturated heterocycles. The summed E-state index contributed by atoms with van der Waals surface area (Å²) in [7, 11) is 0. The van der Waals surface area contributed by atoms with Gasteiger partial charge >= 0.3 is 0 Å². The maximum atomic E-state index is 13.7. The highest BCUT2D eigenvalue weighted by Crippen LogP contribution is 2.28. The Bertz CT molecular complexity index is 1520. The first-order valence-corrected chi connectivity index (χ1v) is 11.8. The number of benzene rings is 2. The second-order valence-electron chi connectivity index (χ2n) is 7.32. The van der Waals surface area contributed by atoms with Gasteiger partial charge in [-0.05, 0) is 37.1 Å². The topological polar surface area (TPSA) is 92.7 Å². The Morgan fingerprint density at radius 1 is 1.19 bits per heavy atom. The fraction of sp³-hybridized carbons (Fsp3) is 0.130. The molecule has 5 rings (SSSR count). The molecule has 0 aliphatic rings. The van der Waals surface area contributed by atoms with Crippen molar-refractivity contribution in [1.82, 2.24) is 19.5 Å². The number of thiazole rings is 1. The number of hydrogen-bond acceptors (Lipinski definition) is 6. The molecule has 2 aromatic carbocycles. The molecule has 0 aliphatic carbocycles. The van der Waals surface area contributed by atoms with E-state index in [0.717, 1.165) is 27.7 Å². The average molecular weight is 462 g/mol. The number of anilines is 1. The van der Waals surface area contributed by atoms with E-state index in [1.807, 2.05) is 56.3 Å². The molecular formula is C23H19N5O2S2. The molecule has 7 nitrogen and oxygen atoms in total. The number of aryl methyl sites for hydroxylation is 1. The fourth-order valence-electron chi connectivity index (χ4n) is 3.60. The summed E-state index contributed by atoms with van der Waals surface area (Å²) in [6.45, 7) is 3.99. The Labute approximate surface area is 191 Å². The zero-order valence-electron chi connectivity index (χ0n) is 17.4. The molecule has 9 heteroatoms. The third-order valence-electron chi connectivity index (χ3n) is 5.32. The van der Waals surface area contributed by atoms with E-state index in [4.69, 9.17) is 4.98 Å². The Morgan fingerprint density at radius 2 is 2.03 bits per heavy atom. The number of amides is 1. The summed E-state index contributed by atoms with van der Waals surface area (Å²) >= 11 is 2.59. The Morgan fingerprint density at radius 3 is 2.84 bits per heavy atom. The SMILES string of the molecule is Cc1cccc(-n2c(SCC(=O)Nc3nccs3)nc3c([nH]c4ccccc43)c2=O)c1C. The van der Waals surface area contributed by atoms with Crippen LogP contribution in [0.2, 0.25) is 0 Å². The lowest BCUT2D eigenvalue weighted by molar-refractivity contribution is -0.113. The molecule has 3 aromatic heterocycles. The lowest BCUT2D eigenvalue weighted by atomic mass is 10.1. The normalized spacial score (nSPS) is 11.3. The van der Waals surface area contributed by atoms with E-state index >= 15 is 0 Å². The van der Waals surface area contributed by atoms with Gasteiger partial charge < -0.3 is 10.3 Å². The summed E-state index contributed by atoms with van der Waals surface area (Å²) in [5, 5.41) is 6.46. The first-order chi connectivity index (χ1) is 15.5. The predicted molar refractivity (Wildman–Crippen MR) is 130 cm³/mol. The number of thioether (sulfide) groups is 1. The number of carbonyl (C=O) groups is 1. The largest absolute Gasteiger partial charge is 0.349 e. The van der Waals surface area contributed by atoms with Gasteiger partial charge in [-0.25, -0.2) is 9.97 Å². The standard InChI is InChI=1S/C23H19N5O2S2/c1-13-6-5-9-17(14(13)2)28-21(30)20-19(15-7-3-4-8-16(15)25-20)27-23(28)32-12-18(29)26-22-24-10-11-31-22/h3-11,25H,12H2,1-2H3,(H,24,26,29). The number of nitrogens with one attached hydrogen (secondary N) is 2. The quantitative estimate of drug-likeness (QED) is 0.293. The molecule has 5 aromatic rings. The highest BCUT2D eigenvalue weighted by atomic mass is 32.2. The van der Waals surface area contributed by atoms with Crippen molar-refractivity contribution in [2.24, 2.45) is 0 Å². The summed E-state index contributed by atoms with van der Waals surface area (Å²) in [5.74, 6) is -0.101. The van der Waals surface area contributed by atoms with Gasteiger partial charge in [0.1, 0.15) is 11.0 Å². The third-order valence-corrected chi connectivity index (χ3v) is 6.95. The van der Waals surface area contributed by atoms with Crippen molar-refractivity contribution in [2.75, 3.05) is 11.1 Å². The second-order valence-corrected chi connectivity index (χ2v) is 9.16. The van der Waals surface area contributed by atoms with E-state index in [-0.39, 0.29) is 17.2 Å². The van der Waals surface area contributed by atoms with Crippen molar-refractivity contribution in [3.05, 3.63) is 75.5 Å². The minimum Gasteiger partial charge on any atom is -0.349 e. The number of para-hydroxylation sites is 1. The van der Waals surface area contributed by atoms with Gasteiger partial charge in [0, 0.05) is 22.5 Å². The fourth-order valence-corrected chi connectivity index (χ4v) is 4.94. The Kier molecular flexibility index (Phi) is 5.28. The molecule has 32 heavy (non-hydrogen) atoms. The molecule has 0 radical (unpaired) electrons. The Balaban J connectivity index is 1.64. The molecule has 0 bridgehead atoms. The van der Waals surface area contributed by atoms with Crippen molar-refractivity contribution in [1.29, 1.82) is 0 Å². The van der Waals surface area contributed by atoms with Crippen LogP contribution in [0.1, 0.15) is 11.1 Å². The number of nitrogens with zero attached hydrogens (tertiary/aromatic N) is 3. The minimum atomic E-state index is -0.203. The van der Waals surface area contributed by atoms with E-state index in [1.165, 1.54) is 23.1 Å². The van der Waals surface area contributed by atoms with E-state index in [2.05, 4.69) is 15.3 Å². The van der Waals surface area contributed by atoms with E-state index in [9.17, 15) is 9.59 Å². The van der Waals surface area contributed by atoms with Crippen LogP contribution in [0.5, 0.6) is 0 Å². The van der Waals surface area contributed by atoms with Crippen LogP contribution < -0.4 is 10.9 Å².